The second-order valence-electron chi connectivity index (χ2n) is 5.81. The summed E-state index contributed by atoms with van der Waals surface area (Å²) in [6.07, 6.45) is 5.15. The second-order valence-corrected chi connectivity index (χ2v) is 5.81. The number of nitrogens with zero attached hydrogens (tertiary/aromatic N) is 1. The van der Waals surface area contributed by atoms with Gasteiger partial charge in [-0.3, -0.25) is 4.90 Å². The third-order valence-electron chi connectivity index (χ3n) is 3.74. The van der Waals surface area contributed by atoms with Crippen LogP contribution in [0.2, 0.25) is 0 Å². The zero-order valence-electron chi connectivity index (χ0n) is 9.50. The topological polar surface area (TPSA) is 23.5 Å². The summed E-state index contributed by atoms with van der Waals surface area (Å²) in [5.74, 6) is 0.615. The Hall–Kier alpha value is -0.0800. The van der Waals surface area contributed by atoms with Gasteiger partial charge in [0.05, 0.1) is 6.10 Å². The second kappa shape index (κ2) is 3.82. The van der Waals surface area contributed by atoms with Crippen LogP contribution in [0.4, 0.5) is 0 Å². The highest BCUT2D eigenvalue weighted by Crippen LogP contribution is 2.47. The molecule has 0 aromatic rings. The molecule has 2 fully saturated rings. The summed E-state index contributed by atoms with van der Waals surface area (Å²) in [7, 11) is 0. The fraction of sp³-hybridized carbons (Fsp3) is 1.00. The van der Waals surface area contributed by atoms with Crippen LogP contribution in [0.25, 0.3) is 0 Å². The maximum Gasteiger partial charge on any atom is 0.0669 e. The molecule has 14 heavy (non-hydrogen) atoms. The lowest BCUT2D eigenvalue weighted by Crippen LogP contribution is -2.60. The van der Waals surface area contributed by atoms with Crippen LogP contribution < -0.4 is 0 Å². The molecule has 2 aliphatic rings. The molecule has 1 N–H and O–H groups in total. The van der Waals surface area contributed by atoms with Crippen LogP contribution in [0.3, 0.4) is 0 Å². The van der Waals surface area contributed by atoms with Gasteiger partial charge in [-0.05, 0) is 30.6 Å². The van der Waals surface area contributed by atoms with Crippen LogP contribution in [0.1, 0.15) is 39.5 Å². The molecular formula is C12H23NO. The van der Waals surface area contributed by atoms with Gasteiger partial charge in [-0.15, -0.1) is 0 Å². The minimum atomic E-state index is -0.104. The summed E-state index contributed by atoms with van der Waals surface area (Å²) in [5, 5.41) is 9.77. The first-order valence-electron chi connectivity index (χ1n) is 6.00. The van der Waals surface area contributed by atoms with Crippen LogP contribution >= 0.6 is 0 Å². The van der Waals surface area contributed by atoms with Crippen molar-refractivity contribution in [1.82, 2.24) is 4.90 Å². The van der Waals surface area contributed by atoms with E-state index in [2.05, 4.69) is 18.7 Å². The molecule has 0 aromatic carbocycles. The summed E-state index contributed by atoms with van der Waals surface area (Å²) >= 11 is 0. The average Bonchev–Trinajstić information content (AvgIpc) is 1.89. The molecule has 1 unspecified atom stereocenters. The van der Waals surface area contributed by atoms with E-state index in [0.29, 0.717) is 11.3 Å². The van der Waals surface area contributed by atoms with E-state index in [0.717, 1.165) is 13.0 Å². The van der Waals surface area contributed by atoms with Gasteiger partial charge in [0.2, 0.25) is 0 Å². The molecule has 0 bridgehead atoms. The Morgan fingerprint density at radius 1 is 1.29 bits per heavy atom. The number of rotatable bonds is 4. The van der Waals surface area contributed by atoms with E-state index in [4.69, 9.17) is 0 Å². The molecular weight excluding hydrogens is 174 g/mol. The van der Waals surface area contributed by atoms with E-state index in [1.165, 1.54) is 32.4 Å². The number of β-amino-alcohol motifs (C(OH)–C–C–N with tert-alkyl or cyclic N) is 1. The molecule has 1 aliphatic carbocycles. The van der Waals surface area contributed by atoms with Gasteiger partial charge in [0.15, 0.2) is 0 Å². The Kier molecular flexibility index (Phi) is 2.85. The predicted octanol–water partition coefficient (Wildman–Crippen LogP) is 1.88. The van der Waals surface area contributed by atoms with Gasteiger partial charge in [-0.25, -0.2) is 0 Å². The van der Waals surface area contributed by atoms with Crippen molar-refractivity contribution in [2.24, 2.45) is 11.3 Å². The maximum absolute atomic E-state index is 9.77. The number of hydrogen-bond acceptors (Lipinski definition) is 2. The molecule has 0 amide bonds. The molecule has 2 heteroatoms. The number of aliphatic hydroxyl groups excluding tert-OH is 1. The van der Waals surface area contributed by atoms with Gasteiger partial charge in [-0.2, -0.15) is 0 Å². The number of hydrogen-bond donors (Lipinski definition) is 1. The van der Waals surface area contributed by atoms with E-state index in [9.17, 15) is 5.11 Å². The van der Waals surface area contributed by atoms with Crippen LogP contribution in [0.5, 0.6) is 0 Å². The number of likely N-dealkylation sites (tertiary alicyclic amines) is 1. The SMILES string of the molecule is CC(C)CC(O)CN1CC2(CCC2)C1. The van der Waals surface area contributed by atoms with E-state index in [1.807, 2.05) is 0 Å². The summed E-state index contributed by atoms with van der Waals surface area (Å²) in [6, 6.07) is 0. The Balaban J connectivity index is 1.63. The van der Waals surface area contributed by atoms with Crippen molar-refractivity contribution in [3.05, 3.63) is 0 Å². The minimum Gasteiger partial charge on any atom is -0.392 e. The van der Waals surface area contributed by atoms with Crippen LogP contribution in [0, 0.1) is 11.3 Å². The fourth-order valence-corrected chi connectivity index (χ4v) is 2.94. The monoisotopic (exact) mass is 197 g/mol. The van der Waals surface area contributed by atoms with Gasteiger partial charge >= 0.3 is 0 Å². The first-order chi connectivity index (χ1) is 6.60. The average molecular weight is 197 g/mol. The molecule has 1 saturated carbocycles. The lowest BCUT2D eigenvalue weighted by atomic mass is 9.63. The predicted molar refractivity (Wildman–Crippen MR) is 58.2 cm³/mol. The number of aliphatic hydroxyl groups is 1. The Morgan fingerprint density at radius 2 is 1.93 bits per heavy atom. The quantitative estimate of drug-likeness (QED) is 0.744. The normalized spacial score (nSPS) is 27.4. The Bertz CT molecular complexity index is 190. The van der Waals surface area contributed by atoms with Gasteiger partial charge in [0, 0.05) is 19.6 Å². The summed E-state index contributed by atoms with van der Waals surface area (Å²) in [5.41, 5.74) is 0.706. The van der Waals surface area contributed by atoms with Crippen LogP contribution in [-0.2, 0) is 0 Å². The van der Waals surface area contributed by atoms with E-state index >= 15 is 0 Å². The van der Waals surface area contributed by atoms with Crippen molar-refractivity contribution in [2.45, 2.75) is 45.6 Å². The molecule has 0 aromatic heterocycles. The molecule has 1 saturated heterocycles. The van der Waals surface area contributed by atoms with Gasteiger partial charge < -0.3 is 5.11 Å². The standard InChI is InChI=1S/C12H23NO/c1-10(2)6-11(14)7-13-8-12(9-13)4-3-5-12/h10-11,14H,3-9H2,1-2H3. The maximum atomic E-state index is 9.77. The van der Waals surface area contributed by atoms with Crippen LogP contribution in [0.15, 0.2) is 0 Å². The highest BCUT2D eigenvalue weighted by atomic mass is 16.3. The van der Waals surface area contributed by atoms with Crippen molar-refractivity contribution in [3.8, 4) is 0 Å². The summed E-state index contributed by atoms with van der Waals surface area (Å²) in [4.78, 5) is 2.42. The molecule has 1 heterocycles. The lowest BCUT2D eigenvalue weighted by molar-refractivity contribution is -0.0777. The smallest absolute Gasteiger partial charge is 0.0669 e. The van der Waals surface area contributed by atoms with Crippen molar-refractivity contribution >= 4 is 0 Å². The van der Waals surface area contributed by atoms with Crippen molar-refractivity contribution in [2.75, 3.05) is 19.6 Å². The molecule has 82 valence electrons. The highest BCUT2D eigenvalue weighted by Gasteiger charge is 2.47. The molecule has 1 aliphatic heterocycles. The third kappa shape index (κ3) is 2.12. The zero-order valence-corrected chi connectivity index (χ0v) is 9.50. The van der Waals surface area contributed by atoms with Crippen molar-refractivity contribution < 1.29 is 5.11 Å². The van der Waals surface area contributed by atoms with Gasteiger partial charge in [0.1, 0.15) is 0 Å². The molecule has 0 radical (unpaired) electrons. The van der Waals surface area contributed by atoms with Gasteiger partial charge in [0.25, 0.3) is 0 Å². The summed E-state index contributed by atoms with van der Waals surface area (Å²) < 4.78 is 0. The van der Waals surface area contributed by atoms with E-state index < -0.39 is 0 Å². The van der Waals surface area contributed by atoms with Crippen molar-refractivity contribution in [3.63, 3.8) is 0 Å². The first kappa shape index (κ1) is 10.4. The first-order valence-corrected chi connectivity index (χ1v) is 6.00. The molecule has 2 rings (SSSR count). The van der Waals surface area contributed by atoms with Gasteiger partial charge in [-0.1, -0.05) is 20.3 Å². The molecule has 1 spiro atoms. The minimum absolute atomic E-state index is 0.104. The van der Waals surface area contributed by atoms with Crippen molar-refractivity contribution in [1.29, 1.82) is 0 Å². The van der Waals surface area contributed by atoms with E-state index in [1.54, 1.807) is 0 Å². The Morgan fingerprint density at radius 3 is 2.36 bits per heavy atom. The third-order valence-corrected chi connectivity index (χ3v) is 3.74. The molecule has 1 atom stereocenters. The zero-order chi connectivity index (χ0) is 10.2. The van der Waals surface area contributed by atoms with E-state index in [-0.39, 0.29) is 6.10 Å². The fourth-order valence-electron chi connectivity index (χ4n) is 2.94. The Labute approximate surface area is 87.3 Å². The molecule has 2 nitrogen and oxygen atoms in total. The van der Waals surface area contributed by atoms with Crippen LogP contribution in [-0.4, -0.2) is 35.7 Å². The highest BCUT2D eigenvalue weighted by molar-refractivity contribution is 5.00. The summed E-state index contributed by atoms with van der Waals surface area (Å²) in [6.45, 7) is 7.75. The largest absolute Gasteiger partial charge is 0.392 e. The lowest BCUT2D eigenvalue weighted by Gasteiger charge is -2.56.